The Morgan fingerprint density at radius 2 is 1.42 bits per heavy atom. The van der Waals surface area contributed by atoms with Crippen molar-refractivity contribution in [2.45, 2.75) is 37.0 Å². The summed E-state index contributed by atoms with van der Waals surface area (Å²) in [6.07, 6.45) is 5.16. The summed E-state index contributed by atoms with van der Waals surface area (Å²) in [6, 6.07) is 0. The second kappa shape index (κ2) is 4.41. The first-order chi connectivity index (χ1) is 5.56. The highest BCUT2D eigenvalue weighted by molar-refractivity contribution is 6.60. The van der Waals surface area contributed by atoms with Crippen LogP contribution in [0.2, 0.25) is 0 Å². The number of allylic oxidation sites excluding steroid dienone is 1. The Hall–Kier alpha value is 0.900. The van der Waals surface area contributed by atoms with Gasteiger partial charge in [0.1, 0.15) is 4.49 Å². The van der Waals surface area contributed by atoms with Crippen LogP contribution in [0, 0.1) is 0 Å². The number of alkyl halides is 1. The third-order valence-corrected chi connectivity index (χ3v) is 3.99. The van der Waals surface area contributed by atoms with Gasteiger partial charge in [-0.25, -0.2) is 0 Å². The van der Waals surface area contributed by atoms with E-state index >= 15 is 0 Å². The van der Waals surface area contributed by atoms with Gasteiger partial charge in [-0.15, -0.1) is 11.6 Å². The van der Waals surface area contributed by atoms with Gasteiger partial charge in [-0.05, 0) is 12.8 Å². The van der Waals surface area contributed by atoms with Gasteiger partial charge in [-0.3, -0.25) is 0 Å². The molecule has 0 radical (unpaired) electrons. The Morgan fingerprint density at radius 3 is 1.83 bits per heavy atom. The van der Waals surface area contributed by atoms with Crippen molar-refractivity contribution in [2.24, 2.45) is 0 Å². The molecule has 70 valence electrons. The van der Waals surface area contributed by atoms with Gasteiger partial charge in [0, 0.05) is 0 Å². The third kappa shape index (κ3) is 2.45. The van der Waals surface area contributed by atoms with Gasteiger partial charge >= 0.3 is 0 Å². The van der Waals surface area contributed by atoms with E-state index in [4.69, 9.17) is 46.4 Å². The lowest BCUT2D eigenvalue weighted by atomic mass is 9.88. The molecule has 0 atom stereocenters. The molecule has 1 fully saturated rings. The molecular formula is C8H10Cl4. The van der Waals surface area contributed by atoms with Crippen molar-refractivity contribution in [1.82, 2.24) is 0 Å². The second-order valence-corrected chi connectivity index (χ2v) is 5.15. The normalized spacial score (nSPS) is 22.0. The first kappa shape index (κ1) is 11.0. The van der Waals surface area contributed by atoms with Gasteiger partial charge < -0.3 is 0 Å². The van der Waals surface area contributed by atoms with Crippen LogP contribution >= 0.6 is 46.4 Å². The molecule has 1 aliphatic rings. The molecule has 0 nitrogen and oxygen atoms in total. The van der Waals surface area contributed by atoms with Crippen molar-refractivity contribution < 1.29 is 0 Å². The quantitative estimate of drug-likeness (QED) is 0.584. The third-order valence-electron chi connectivity index (χ3n) is 2.21. The van der Waals surface area contributed by atoms with Crippen LogP contribution in [0.15, 0.2) is 9.52 Å². The van der Waals surface area contributed by atoms with Crippen LogP contribution in [0.3, 0.4) is 0 Å². The number of hydrogen-bond donors (Lipinski definition) is 0. The van der Waals surface area contributed by atoms with Crippen LogP contribution in [0.25, 0.3) is 0 Å². The fraction of sp³-hybridized carbons (Fsp3) is 0.750. The van der Waals surface area contributed by atoms with Crippen LogP contribution in [0.4, 0.5) is 0 Å². The summed E-state index contributed by atoms with van der Waals surface area (Å²) in [5.74, 6) is 0. The topological polar surface area (TPSA) is 0 Å². The molecule has 4 heteroatoms. The maximum atomic E-state index is 6.26. The maximum absolute atomic E-state index is 6.26. The average molecular weight is 248 g/mol. The van der Waals surface area contributed by atoms with E-state index in [0.717, 1.165) is 25.7 Å². The van der Waals surface area contributed by atoms with Gasteiger partial charge in [-0.1, -0.05) is 54.1 Å². The molecule has 0 heterocycles. The lowest BCUT2D eigenvalue weighted by Gasteiger charge is -2.30. The fourth-order valence-electron chi connectivity index (χ4n) is 1.50. The van der Waals surface area contributed by atoms with E-state index in [1.54, 1.807) is 0 Å². The number of rotatable bonds is 1. The van der Waals surface area contributed by atoms with Gasteiger partial charge in [-0.2, -0.15) is 0 Å². The molecule has 0 saturated heterocycles. The van der Waals surface area contributed by atoms with Crippen molar-refractivity contribution in [1.29, 1.82) is 0 Å². The van der Waals surface area contributed by atoms with E-state index < -0.39 is 4.87 Å². The lowest BCUT2D eigenvalue weighted by Crippen LogP contribution is -2.25. The zero-order valence-corrected chi connectivity index (χ0v) is 9.57. The summed E-state index contributed by atoms with van der Waals surface area (Å²) in [5, 5.41) is 0.409. The van der Waals surface area contributed by atoms with E-state index in [1.165, 1.54) is 6.42 Å². The molecule has 1 saturated carbocycles. The first-order valence-electron chi connectivity index (χ1n) is 3.96. The highest BCUT2D eigenvalue weighted by Gasteiger charge is 2.34. The second-order valence-electron chi connectivity index (χ2n) is 3.10. The van der Waals surface area contributed by atoms with E-state index in [9.17, 15) is 0 Å². The van der Waals surface area contributed by atoms with Crippen LogP contribution in [-0.2, 0) is 0 Å². The van der Waals surface area contributed by atoms with Crippen LogP contribution in [-0.4, -0.2) is 4.87 Å². The molecule has 0 aromatic heterocycles. The molecule has 0 N–H and O–H groups in total. The molecule has 0 spiro atoms. The predicted molar refractivity (Wildman–Crippen MR) is 56.3 cm³/mol. The molecular weight excluding hydrogens is 238 g/mol. The Bertz CT molecular complexity index is 187. The Balaban J connectivity index is 2.76. The maximum Gasteiger partial charge on any atom is 0.123 e. The summed E-state index contributed by atoms with van der Waals surface area (Å²) in [4.78, 5) is -0.487. The number of hydrogen-bond acceptors (Lipinski definition) is 0. The Morgan fingerprint density at radius 1 is 0.917 bits per heavy atom. The van der Waals surface area contributed by atoms with Crippen LogP contribution in [0.5, 0.6) is 0 Å². The average Bonchev–Trinajstić information content (AvgIpc) is 2.04. The minimum atomic E-state index is -0.487. The molecule has 12 heavy (non-hydrogen) atoms. The number of halogens is 4. The largest absolute Gasteiger partial charge is 0.123 e. The molecule has 0 aromatic rings. The fourth-order valence-corrected chi connectivity index (χ4v) is 2.51. The van der Waals surface area contributed by atoms with E-state index in [2.05, 4.69) is 0 Å². The highest BCUT2D eigenvalue weighted by atomic mass is 35.5. The van der Waals surface area contributed by atoms with Gasteiger partial charge in [0.25, 0.3) is 0 Å². The lowest BCUT2D eigenvalue weighted by molar-refractivity contribution is 0.440. The molecule has 1 aliphatic carbocycles. The minimum Gasteiger partial charge on any atom is -0.113 e. The van der Waals surface area contributed by atoms with E-state index in [0.29, 0.717) is 5.03 Å². The smallest absolute Gasteiger partial charge is 0.113 e. The van der Waals surface area contributed by atoms with Crippen LogP contribution in [0.1, 0.15) is 32.1 Å². The molecule has 0 aromatic carbocycles. The monoisotopic (exact) mass is 246 g/mol. The summed E-state index contributed by atoms with van der Waals surface area (Å²) in [6.45, 7) is 0. The molecule has 0 aliphatic heterocycles. The first-order valence-corrected chi connectivity index (χ1v) is 5.47. The standard InChI is InChI=1S/C8H10Cl4/c9-6(7(10)11)8(12)4-2-1-3-5-8/h1-5H2. The Kier molecular flexibility index (Phi) is 4.04. The summed E-state index contributed by atoms with van der Waals surface area (Å²) in [7, 11) is 0. The molecule has 0 unspecified atom stereocenters. The molecule has 0 amide bonds. The van der Waals surface area contributed by atoms with Crippen LogP contribution < -0.4 is 0 Å². The zero-order chi connectivity index (χ0) is 9.19. The summed E-state index contributed by atoms with van der Waals surface area (Å²) in [5.41, 5.74) is 0. The van der Waals surface area contributed by atoms with Crippen molar-refractivity contribution in [3.8, 4) is 0 Å². The van der Waals surface area contributed by atoms with Crippen molar-refractivity contribution in [3.63, 3.8) is 0 Å². The van der Waals surface area contributed by atoms with E-state index in [-0.39, 0.29) is 4.49 Å². The molecule has 0 bridgehead atoms. The van der Waals surface area contributed by atoms with Crippen molar-refractivity contribution in [2.75, 3.05) is 0 Å². The van der Waals surface area contributed by atoms with E-state index in [1.807, 2.05) is 0 Å². The molecule has 1 rings (SSSR count). The summed E-state index contributed by atoms with van der Waals surface area (Å²) < 4.78 is 0.105. The van der Waals surface area contributed by atoms with Gasteiger partial charge in [0.2, 0.25) is 0 Å². The SMILES string of the molecule is ClC(Cl)=C(Cl)C1(Cl)CCCCC1. The summed E-state index contributed by atoms with van der Waals surface area (Å²) >= 11 is 23.3. The zero-order valence-electron chi connectivity index (χ0n) is 6.55. The van der Waals surface area contributed by atoms with Crippen molar-refractivity contribution >= 4 is 46.4 Å². The highest BCUT2D eigenvalue weighted by Crippen LogP contribution is 2.44. The van der Waals surface area contributed by atoms with Gasteiger partial charge in [0.15, 0.2) is 0 Å². The predicted octanol–water partition coefficient (Wildman–Crippen LogP) is 4.81. The minimum absolute atomic E-state index is 0.105. The van der Waals surface area contributed by atoms with Crippen molar-refractivity contribution in [3.05, 3.63) is 9.52 Å². The van der Waals surface area contributed by atoms with Gasteiger partial charge in [0.05, 0.1) is 9.91 Å². The Labute approximate surface area is 92.8 Å².